The van der Waals surface area contributed by atoms with Crippen LogP contribution in [0.2, 0.25) is 0 Å². The summed E-state index contributed by atoms with van der Waals surface area (Å²) in [6, 6.07) is 6.67. The van der Waals surface area contributed by atoms with Crippen LogP contribution < -0.4 is 4.90 Å². The average molecular weight is 188 g/mol. The molecule has 0 aliphatic heterocycles. The highest BCUT2D eigenvalue weighted by atomic mass is 35.5. The molecule has 0 radical (unpaired) electrons. The molecule has 1 rings (SSSR count). The first-order chi connectivity index (χ1) is 5.75. The van der Waals surface area contributed by atoms with Crippen LogP contribution in [0.1, 0.15) is 0 Å². The molecular formula is C9H11ClFN. The zero-order valence-corrected chi connectivity index (χ0v) is 7.68. The van der Waals surface area contributed by atoms with Crippen LogP contribution in [0, 0.1) is 5.82 Å². The third-order valence-electron chi connectivity index (χ3n) is 1.68. The maximum absolute atomic E-state index is 13.1. The topological polar surface area (TPSA) is 3.24 Å². The Labute approximate surface area is 76.8 Å². The molecule has 0 N–H and O–H groups in total. The Kier molecular flexibility index (Phi) is 3.35. The van der Waals surface area contributed by atoms with Gasteiger partial charge in [0.25, 0.3) is 0 Å². The molecule has 66 valence electrons. The third kappa shape index (κ3) is 2.11. The first kappa shape index (κ1) is 9.33. The molecule has 0 bridgehead atoms. The lowest BCUT2D eigenvalue weighted by atomic mass is 10.3. The first-order valence-corrected chi connectivity index (χ1v) is 4.31. The number of hydrogen-bond acceptors (Lipinski definition) is 1. The largest absolute Gasteiger partial charge is 0.371 e. The van der Waals surface area contributed by atoms with Crippen molar-refractivity contribution in [2.45, 2.75) is 0 Å². The van der Waals surface area contributed by atoms with Gasteiger partial charge < -0.3 is 4.90 Å². The Balaban J connectivity index is 2.79. The number of para-hydroxylation sites is 1. The highest BCUT2D eigenvalue weighted by Gasteiger charge is 2.04. The highest BCUT2D eigenvalue weighted by molar-refractivity contribution is 6.18. The van der Waals surface area contributed by atoms with E-state index in [1.807, 2.05) is 13.1 Å². The fourth-order valence-electron chi connectivity index (χ4n) is 1.01. The summed E-state index contributed by atoms with van der Waals surface area (Å²) in [5.74, 6) is 0.301. The predicted octanol–water partition coefficient (Wildman–Crippen LogP) is 2.50. The molecule has 0 aromatic heterocycles. The van der Waals surface area contributed by atoms with Crippen molar-refractivity contribution < 1.29 is 4.39 Å². The number of benzene rings is 1. The quantitative estimate of drug-likeness (QED) is 0.658. The van der Waals surface area contributed by atoms with Crippen molar-refractivity contribution in [3.8, 4) is 0 Å². The average Bonchev–Trinajstić information content (AvgIpc) is 2.05. The molecular weight excluding hydrogens is 177 g/mol. The van der Waals surface area contributed by atoms with Crippen LogP contribution in [0.4, 0.5) is 10.1 Å². The Morgan fingerprint density at radius 2 is 2.08 bits per heavy atom. The number of alkyl halides is 1. The Hall–Kier alpha value is -0.760. The summed E-state index contributed by atoms with van der Waals surface area (Å²) in [5, 5.41) is 0. The maximum atomic E-state index is 13.1. The molecule has 0 aliphatic carbocycles. The first-order valence-electron chi connectivity index (χ1n) is 3.77. The van der Waals surface area contributed by atoms with Crippen molar-refractivity contribution in [2.75, 3.05) is 24.4 Å². The minimum absolute atomic E-state index is 0.204. The predicted molar refractivity (Wildman–Crippen MR) is 50.4 cm³/mol. The molecule has 1 aromatic carbocycles. The van der Waals surface area contributed by atoms with Crippen LogP contribution in [0.15, 0.2) is 24.3 Å². The SMILES string of the molecule is CN(CCCl)c1ccccc1F. The van der Waals surface area contributed by atoms with Crippen molar-refractivity contribution in [3.63, 3.8) is 0 Å². The van der Waals surface area contributed by atoms with Gasteiger partial charge in [-0.05, 0) is 12.1 Å². The highest BCUT2D eigenvalue weighted by Crippen LogP contribution is 2.16. The molecule has 0 saturated carbocycles. The zero-order valence-electron chi connectivity index (χ0n) is 6.93. The lowest BCUT2D eigenvalue weighted by Crippen LogP contribution is -2.20. The van der Waals surface area contributed by atoms with E-state index in [0.29, 0.717) is 18.1 Å². The summed E-state index contributed by atoms with van der Waals surface area (Å²) < 4.78 is 13.1. The number of nitrogens with zero attached hydrogens (tertiary/aromatic N) is 1. The maximum Gasteiger partial charge on any atom is 0.146 e. The smallest absolute Gasteiger partial charge is 0.146 e. The second kappa shape index (κ2) is 4.31. The van der Waals surface area contributed by atoms with Gasteiger partial charge in [0, 0.05) is 19.5 Å². The number of rotatable bonds is 3. The Bertz CT molecular complexity index is 252. The summed E-state index contributed by atoms with van der Waals surface area (Å²) >= 11 is 5.53. The molecule has 0 heterocycles. The Morgan fingerprint density at radius 3 is 2.67 bits per heavy atom. The Morgan fingerprint density at radius 1 is 1.42 bits per heavy atom. The van der Waals surface area contributed by atoms with Crippen molar-refractivity contribution in [3.05, 3.63) is 30.1 Å². The van der Waals surface area contributed by atoms with Gasteiger partial charge in [0.2, 0.25) is 0 Å². The number of halogens is 2. The molecule has 0 saturated heterocycles. The molecule has 0 fully saturated rings. The molecule has 0 spiro atoms. The second-order valence-corrected chi connectivity index (χ2v) is 2.94. The van der Waals surface area contributed by atoms with E-state index in [2.05, 4.69) is 0 Å². The summed E-state index contributed by atoms with van der Waals surface area (Å²) in [6.07, 6.45) is 0. The molecule has 0 unspecified atom stereocenters. The third-order valence-corrected chi connectivity index (χ3v) is 1.85. The van der Waals surface area contributed by atoms with Crippen LogP contribution in [0.25, 0.3) is 0 Å². The van der Waals surface area contributed by atoms with Crippen LogP contribution in [0.5, 0.6) is 0 Å². The van der Waals surface area contributed by atoms with E-state index in [1.54, 1.807) is 17.0 Å². The van der Waals surface area contributed by atoms with E-state index >= 15 is 0 Å². The molecule has 12 heavy (non-hydrogen) atoms. The lowest BCUT2D eigenvalue weighted by molar-refractivity contribution is 0.624. The zero-order chi connectivity index (χ0) is 8.97. The van der Waals surface area contributed by atoms with Gasteiger partial charge in [0.15, 0.2) is 0 Å². The molecule has 0 amide bonds. The van der Waals surface area contributed by atoms with E-state index in [0.717, 1.165) is 0 Å². The van der Waals surface area contributed by atoms with E-state index in [-0.39, 0.29) is 5.82 Å². The van der Waals surface area contributed by atoms with Gasteiger partial charge in [-0.2, -0.15) is 0 Å². The van der Waals surface area contributed by atoms with Crippen molar-refractivity contribution >= 4 is 17.3 Å². The summed E-state index contributed by atoms with van der Waals surface area (Å²) in [5.41, 5.74) is 0.596. The van der Waals surface area contributed by atoms with Gasteiger partial charge in [-0.25, -0.2) is 4.39 Å². The van der Waals surface area contributed by atoms with E-state index in [1.165, 1.54) is 6.07 Å². The van der Waals surface area contributed by atoms with Gasteiger partial charge >= 0.3 is 0 Å². The normalized spacial score (nSPS) is 9.92. The number of anilines is 1. The minimum atomic E-state index is -0.204. The lowest BCUT2D eigenvalue weighted by Gasteiger charge is -2.17. The summed E-state index contributed by atoms with van der Waals surface area (Å²) in [4.78, 5) is 1.79. The second-order valence-electron chi connectivity index (χ2n) is 2.56. The van der Waals surface area contributed by atoms with Crippen LogP contribution in [-0.2, 0) is 0 Å². The molecule has 3 heteroatoms. The van der Waals surface area contributed by atoms with E-state index in [9.17, 15) is 4.39 Å². The summed E-state index contributed by atoms with van der Waals surface area (Å²) in [7, 11) is 1.82. The van der Waals surface area contributed by atoms with Gasteiger partial charge in [0.05, 0.1) is 5.69 Å². The summed E-state index contributed by atoms with van der Waals surface area (Å²) in [6.45, 7) is 0.655. The van der Waals surface area contributed by atoms with Gasteiger partial charge in [-0.1, -0.05) is 12.1 Å². The molecule has 1 aromatic rings. The van der Waals surface area contributed by atoms with E-state index in [4.69, 9.17) is 11.6 Å². The van der Waals surface area contributed by atoms with Gasteiger partial charge in [-0.3, -0.25) is 0 Å². The van der Waals surface area contributed by atoms with Crippen LogP contribution in [-0.4, -0.2) is 19.5 Å². The molecule has 0 aliphatic rings. The van der Waals surface area contributed by atoms with Crippen LogP contribution in [0.3, 0.4) is 0 Å². The van der Waals surface area contributed by atoms with Gasteiger partial charge in [-0.15, -0.1) is 11.6 Å². The standard InChI is InChI=1S/C9H11ClFN/c1-12(7-6-10)9-5-3-2-4-8(9)11/h2-5H,6-7H2,1H3. The minimum Gasteiger partial charge on any atom is -0.371 e. The van der Waals surface area contributed by atoms with Crippen LogP contribution >= 0.6 is 11.6 Å². The van der Waals surface area contributed by atoms with Crippen molar-refractivity contribution in [1.82, 2.24) is 0 Å². The fraction of sp³-hybridized carbons (Fsp3) is 0.333. The van der Waals surface area contributed by atoms with Crippen molar-refractivity contribution in [1.29, 1.82) is 0 Å². The monoisotopic (exact) mass is 187 g/mol. The van der Waals surface area contributed by atoms with Gasteiger partial charge in [0.1, 0.15) is 5.82 Å². The number of hydrogen-bond donors (Lipinski definition) is 0. The molecule has 0 atom stereocenters. The fourth-order valence-corrected chi connectivity index (χ4v) is 1.26. The van der Waals surface area contributed by atoms with E-state index < -0.39 is 0 Å². The molecule has 1 nitrogen and oxygen atoms in total. The van der Waals surface area contributed by atoms with Crippen molar-refractivity contribution in [2.24, 2.45) is 0 Å².